The smallest absolute Gasteiger partial charge is 0.0122 e. The fraction of sp³-hybridized carbons (Fsp3) is 0.200. The first-order chi connectivity index (χ1) is 7.86. The van der Waals surface area contributed by atoms with Crippen LogP contribution in [0.3, 0.4) is 0 Å². The lowest BCUT2D eigenvalue weighted by atomic mass is 10.4. The van der Waals surface area contributed by atoms with Gasteiger partial charge in [-0.3, -0.25) is 0 Å². The lowest BCUT2D eigenvalue weighted by Crippen LogP contribution is -1.72. The molecule has 0 aliphatic rings. The van der Waals surface area contributed by atoms with E-state index in [0.717, 1.165) is 0 Å². The molecule has 0 spiro atoms. The van der Waals surface area contributed by atoms with Crippen molar-refractivity contribution in [3.05, 3.63) is 66.1 Å². The average Bonchev–Trinajstić information content (AvgIpc) is 2.34. The van der Waals surface area contributed by atoms with Crippen molar-refractivity contribution < 1.29 is 0 Å². The molecule has 0 saturated carbocycles. The third-order valence-electron chi connectivity index (χ3n) is 1.59. The molecule has 0 aliphatic carbocycles. The maximum Gasteiger partial charge on any atom is 0.0122 e. The highest BCUT2D eigenvalue weighted by atomic mass is 32.2. The fourth-order valence-corrected chi connectivity index (χ4v) is 1.96. The highest BCUT2D eigenvalue weighted by Gasteiger charge is 1.94. The molecule has 0 heterocycles. The Bertz CT molecular complexity index is 334. The van der Waals surface area contributed by atoms with Gasteiger partial charge in [-0.1, -0.05) is 68.6 Å². The second-order valence-corrected chi connectivity index (χ2v) is 3.87. The van der Waals surface area contributed by atoms with Crippen LogP contribution in [-0.2, 0) is 0 Å². The minimum Gasteiger partial charge on any atom is -0.0990 e. The number of rotatable bonds is 4. The summed E-state index contributed by atoms with van der Waals surface area (Å²) < 4.78 is 0. The van der Waals surface area contributed by atoms with Gasteiger partial charge in [0.2, 0.25) is 0 Å². The van der Waals surface area contributed by atoms with Crippen LogP contribution in [0.2, 0.25) is 0 Å². The molecule has 0 radical (unpaired) electrons. The number of allylic oxidation sites excluding steroid dienone is 4. The highest BCUT2D eigenvalue weighted by Crippen LogP contribution is 2.26. The van der Waals surface area contributed by atoms with Crippen molar-refractivity contribution in [2.75, 3.05) is 0 Å². The van der Waals surface area contributed by atoms with Crippen molar-refractivity contribution in [1.29, 1.82) is 0 Å². The largest absolute Gasteiger partial charge is 0.0990 e. The Labute approximate surface area is 104 Å². The SMILES string of the molecule is C=C/C=C(\C=C/C)Sc1ccccc1.CC. The van der Waals surface area contributed by atoms with Gasteiger partial charge in [0.15, 0.2) is 0 Å². The maximum absolute atomic E-state index is 3.70. The minimum absolute atomic E-state index is 1.20. The standard InChI is InChI=1S/C13H14S.C2H6/c1-3-8-12(9-4-2)14-13-10-6-5-7-11-13;1-2/h3-11H,1H2,2H3;1-2H3/b9-4-,12-8+;. The second-order valence-electron chi connectivity index (χ2n) is 2.72. The molecule has 86 valence electrons. The van der Waals surface area contributed by atoms with Gasteiger partial charge in [-0.25, -0.2) is 0 Å². The first-order valence-corrected chi connectivity index (χ1v) is 6.37. The first kappa shape index (κ1) is 14.8. The molecule has 16 heavy (non-hydrogen) atoms. The molecule has 0 atom stereocenters. The lowest BCUT2D eigenvalue weighted by molar-refractivity contribution is 1.47. The van der Waals surface area contributed by atoms with Crippen molar-refractivity contribution in [2.24, 2.45) is 0 Å². The Morgan fingerprint density at radius 3 is 2.31 bits per heavy atom. The van der Waals surface area contributed by atoms with Crippen molar-refractivity contribution in [2.45, 2.75) is 25.7 Å². The molecule has 1 heteroatoms. The summed E-state index contributed by atoms with van der Waals surface area (Å²) in [6, 6.07) is 10.3. The van der Waals surface area contributed by atoms with Gasteiger partial charge in [0.1, 0.15) is 0 Å². The number of hydrogen-bond acceptors (Lipinski definition) is 1. The fourth-order valence-electron chi connectivity index (χ4n) is 1.03. The summed E-state index contributed by atoms with van der Waals surface area (Å²) >= 11 is 1.74. The van der Waals surface area contributed by atoms with E-state index in [1.807, 2.05) is 57.2 Å². The predicted molar refractivity (Wildman–Crippen MR) is 76.7 cm³/mol. The van der Waals surface area contributed by atoms with Gasteiger partial charge in [0.25, 0.3) is 0 Å². The van der Waals surface area contributed by atoms with E-state index in [4.69, 9.17) is 0 Å². The van der Waals surface area contributed by atoms with Crippen LogP contribution in [0.25, 0.3) is 0 Å². The van der Waals surface area contributed by atoms with Gasteiger partial charge in [-0.15, -0.1) is 0 Å². The summed E-state index contributed by atoms with van der Waals surface area (Å²) in [5, 5.41) is 0. The molecule has 0 saturated heterocycles. The van der Waals surface area contributed by atoms with Crippen molar-refractivity contribution in [3.8, 4) is 0 Å². The molecular formula is C15H20S. The molecule has 0 aliphatic heterocycles. The Hall–Kier alpha value is -1.21. The first-order valence-electron chi connectivity index (χ1n) is 5.55. The van der Waals surface area contributed by atoms with E-state index in [2.05, 4.69) is 24.8 Å². The maximum atomic E-state index is 3.70. The van der Waals surface area contributed by atoms with Crippen LogP contribution in [0, 0.1) is 0 Å². The third kappa shape index (κ3) is 6.31. The molecule has 0 amide bonds. The number of hydrogen-bond donors (Lipinski definition) is 0. The minimum atomic E-state index is 1.20. The molecule has 1 aromatic rings. The third-order valence-corrected chi connectivity index (χ3v) is 2.61. The van der Waals surface area contributed by atoms with Gasteiger partial charge in [0.05, 0.1) is 0 Å². The van der Waals surface area contributed by atoms with E-state index >= 15 is 0 Å². The normalized spacial score (nSPS) is 10.8. The van der Waals surface area contributed by atoms with Crippen molar-refractivity contribution >= 4 is 11.8 Å². The summed E-state index contributed by atoms with van der Waals surface area (Å²) in [7, 11) is 0. The van der Waals surface area contributed by atoms with Crippen LogP contribution in [0.5, 0.6) is 0 Å². The van der Waals surface area contributed by atoms with E-state index in [0.29, 0.717) is 0 Å². The van der Waals surface area contributed by atoms with E-state index in [1.54, 1.807) is 11.8 Å². The monoisotopic (exact) mass is 232 g/mol. The highest BCUT2D eigenvalue weighted by molar-refractivity contribution is 8.03. The number of thioether (sulfide) groups is 1. The summed E-state index contributed by atoms with van der Waals surface area (Å²) in [6.45, 7) is 9.72. The van der Waals surface area contributed by atoms with Gasteiger partial charge >= 0.3 is 0 Å². The Balaban J connectivity index is 0.00000106. The van der Waals surface area contributed by atoms with Crippen LogP contribution >= 0.6 is 11.8 Å². The molecule has 0 fully saturated rings. The van der Waals surface area contributed by atoms with Crippen LogP contribution < -0.4 is 0 Å². The van der Waals surface area contributed by atoms with Crippen molar-refractivity contribution in [1.82, 2.24) is 0 Å². The van der Waals surface area contributed by atoms with E-state index in [9.17, 15) is 0 Å². The molecule has 0 N–H and O–H groups in total. The van der Waals surface area contributed by atoms with E-state index < -0.39 is 0 Å². The Kier molecular flexibility index (Phi) is 9.53. The van der Waals surface area contributed by atoms with Crippen LogP contribution in [0.15, 0.2) is 71.0 Å². The second kappa shape index (κ2) is 10.3. The van der Waals surface area contributed by atoms with Crippen LogP contribution in [0.4, 0.5) is 0 Å². The molecule has 0 bridgehead atoms. The van der Waals surface area contributed by atoms with Crippen molar-refractivity contribution in [3.63, 3.8) is 0 Å². The van der Waals surface area contributed by atoms with Gasteiger partial charge in [-0.2, -0.15) is 0 Å². The average molecular weight is 232 g/mol. The topological polar surface area (TPSA) is 0 Å². The zero-order chi connectivity index (χ0) is 12.2. The van der Waals surface area contributed by atoms with Gasteiger partial charge < -0.3 is 0 Å². The zero-order valence-corrected chi connectivity index (χ0v) is 11.1. The summed E-state index contributed by atoms with van der Waals surface area (Å²) in [4.78, 5) is 2.45. The molecule has 1 aromatic carbocycles. The summed E-state index contributed by atoms with van der Waals surface area (Å²) in [5.74, 6) is 0. The molecule has 0 unspecified atom stereocenters. The predicted octanol–water partition coefficient (Wildman–Crippen LogP) is 5.45. The van der Waals surface area contributed by atoms with Crippen LogP contribution in [-0.4, -0.2) is 0 Å². The van der Waals surface area contributed by atoms with E-state index in [-0.39, 0.29) is 0 Å². The molecule has 0 aromatic heterocycles. The molecular weight excluding hydrogens is 212 g/mol. The zero-order valence-electron chi connectivity index (χ0n) is 10.3. The summed E-state index contributed by atoms with van der Waals surface area (Å²) in [5.41, 5.74) is 0. The summed E-state index contributed by atoms with van der Waals surface area (Å²) in [6.07, 6.45) is 7.94. The quantitative estimate of drug-likeness (QED) is 0.491. The Morgan fingerprint density at radius 2 is 1.81 bits per heavy atom. The van der Waals surface area contributed by atoms with Crippen LogP contribution in [0.1, 0.15) is 20.8 Å². The Morgan fingerprint density at radius 1 is 1.19 bits per heavy atom. The number of benzene rings is 1. The lowest BCUT2D eigenvalue weighted by Gasteiger charge is -2.00. The van der Waals surface area contributed by atoms with E-state index in [1.165, 1.54) is 9.80 Å². The molecule has 1 rings (SSSR count). The van der Waals surface area contributed by atoms with Gasteiger partial charge in [0, 0.05) is 9.80 Å². The van der Waals surface area contributed by atoms with Gasteiger partial charge in [-0.05, 0) is 25.1 Å². The molecule has 0 nitrogen and oxygen atoms in total.